The van der Waals surface area contributed by atoms with Gasteiger partial charge in [-0.2, -0.15) is 0 Å². The third kappa shape index (κ3) is 4.83. The highest BCUT2D eigenvalue weighted by Gasteiger charge is 2.20. The van der Waals surface area contributed by atoms with Gasteiger partial charge in [0.1, 0.15) is 5.75 Å². The van der Waals surface area contributed by atoms with Gasteiger partial charge in [-0.3, -0.25) is 4.79 Å². The van der Waals surface area contributed by atoms with Crippen LogP contribution in [0.4, 0.5) is 0 Å². The van der Waals surface area contributed by atoms with Crippen LogP contribution < -0.4 is 4.74 Å². The van der Waals surface area contributed by atoms with Crippen molar-refractivity contribution >= 4 is 16.6 Å². The molecule has 0 N–H and O–H groups in total. The molecule has 24 heavy (non-hydrogen) atoms. The van der Waals surface area contributed by atoms with Crippen molar-refractivity contribution in [2.75, 3.05) is 0 Å². The SMILES string of the molecule is O=C1CCCCCCCCCCC1Oc1ccc2ccccc2c1. The standard InChI is InChI=1S/C22H28O2/c23-21-13-7-5-3-1-2-4-6-8-14-22(21)24-20-16-15-18-11-9-10-12-19(18)17-20/h9-12,15-17,22H,1-8,13-14H2. The maximum Gasteiger partial charge on any atom is 0.173 e. The van der Waals surface area contributed by atoms with E-state index < -0.39 is 0 Å². The van der Waals surface area contributed by atoms with Crippen LogP contribution in [0.15, 0.2) is 42.5 Å². The molecule has 3 rings (SSSR count). The fourth-order valence-corrected chi connectivity index (χ4v) is 3.54. The van der Waals surface area contributed by atoms with Gasteiger partial charge in [-0.1, -0.05) is 68.9 Å². The van der Waals surface area contributed by atoms with Crippen LogP contribution in [0.3, 0.4) is 0 Å². The van der Waals surface area contributed by atoms with Crippen molar-refractivity contribution in [3.05, 3.63) is 42.5 Å². The molecular weight excluding hydrogens is 296 g/mol. The van der Waals surface area contributed by atoms with Gasteiger partial charge in [0, 0.05) is 6.42 Å². The summed E-state index contributed by atoms with van der Waals surface area (Å²) in [6.45, 7) is 0. The molecule has 128 valence electrons. The van der Waals surface area contributed by atoms with E-state index in [1.54, 1.807) is 0 Å². The quantitative estimate of drug-likeness (QED) is 0.670. The molecule has 1 saturated carbocycles. The van der Waals surface area contributed by atoms with E-state index in [9.17, 15) is 4.79 Å². The molecule has 1 atom stereocenters. The maximum absolute atomic E-state index is 12.6. The lowest BCUT2D eigenvalue weighted by Gasteiger charge is -2.19. The molecule has 0 amide bonds. The van der Waals surface area contributed by atoms with Crippen LogP contribution in [0.5, 0.6) is 5.75 Å². The molecule has 0 aromatic heterocycles. The first-order valence-corrected chi connectivity index (χ1v) is 9.51. The van der Waals surface area contributed by atoms with Crippen LogP contribution in [0.1, 0.15) is 64.2 Å². The summed E-state index contributed by atoms with van der Waals surface area (Å²) < 4.78 is 6.13. The molecule has 0 aliphatic heterocycles. The summed E-state index contributed by atoms with van der Waals surface area (Å²) in [5, 5.41) is 2.37. The molecule has 0 spiro atoms. The summed E-state index contributed by atoms with van der Waals surface area (Å²) in [4.78, 5) is 12.6. The molecule has 2 nitrogen and oxygen atoms in total. The number of carbonyl (C=O) groups excluding carboxylic acids is 1. The molecule has 0 radical (unpaired) electrons. The minimum atomic E-state index is -0.273. The van der Waals surface area contributed by atoms with Gasteiger partial charge in [0.15, 0.2) is 11.9 Å². The predicted molar refractivity (Wildman–Crippen MR) is 99.5 cm³/mol. The molecule has 2 heteroatoms. The number of ether oxygens (including phenoxy) is 1. The lowest BCUT2D eigenvalue weighted by atomic mass is 9.98. The number of carbonyl (C=O) groups is 1. The molecular formula is C22H28O2. The highest BCUT2D eigenvalue weighted by Crippen LogP contribution is 2.24. The van der Waals surface area contributed by atoms with Crippen LogP contribution in [0.25, 0.3) is 10.8 Å². The number of fused-ring (bicyclic) bond motifs is 1. The van der Waals surface area contributed by atoms with E-state index >= 15 is 0 Å². The molecule has 1 aliphatic rings. The lowest BCUT2D eigenvalue weighted by molar-refractivity contribution is -0.126. The van der Waals surface area contributed by atoms with E-state index in [1.807, 2.05) is 18.2 Å². The van der Waals surface area contributed by atoms with Crippen molar-refractivity contribution in [3.8, 4) is 5.75 Å². The van der Waals surface area contributed by atoms with Crippen molar-refractivity contribution in [3.63, 3.8) is 0 Å². The summed E-state index contributed by atoms with van der Waals surface area (Å²) in [6, 6.07) is 14.4. The van der Waals surface area contributed by atoms with Crippen LogP contribution in [0.2, 0.25) is 0 Å². The molecule has 1 aliphatic carbocycles. The Hall–Kier alpha value is -1.83. The number of rotatable bonds is 2. The molecule has 2 aromatic rings. The lowest BCUT2D eigenvalue weighted by Crippen LogP contribution is -2.27. The molecule has 0 saturated heterocycles. The van der Waals surface area contributed by atoms with Crippen LogP contribution in [-0.2, 0) is 4.79 Å². The van der Waals surface area contributed by atoms with Crippen LogP contribution in [-0.4, -0.2) is 11.9 Å². The van der Waals surface area contributed by atoms with Crippen molar-refractivity contribution in [1.82, 2.24) is 0 Å². The first-order valence-electron chi connectivity index (χ1n) is 9.51. The van der Waals surface area contributed by atoms with Gasteiger partial charge in [-0.15, -0.1) is 0 Å². The van der Waals surface area contributed by atoms with Crippen molar-refractivity contribution in [2.45, 2.75) is 70.3 Å². The summed E-state index contributed by atoms with van der Waals surface area (Å²) >= 11 is 0. The van der Waals surface area contributed by atoms with E-state index in [4.69, 9.17) is 4.74 Å². The van der Waals surface area contributed by atoms with Gasteiger partial charge in [-0.05, 0) is 42.2 Å². The minimum Gasteiger partial charge on any atom is -0.483 e. The summed E-state index contributed by atoms with van der Waals surface area (Å²) in [5.74, 6) is 1.10. The third-order valence-corrected chi connectivity index (χ3v) is 5.00. The fraction of sp³-hybridized carbons (Fsp3) is 0.500. The summed E-state index contributed by atoms with van der Waals surface area (Å²) in [5.41, 5.74) is 0. The zero-order valence-corrected chi connectivity index (χ0v) is 14.5. The monoisotopic (exact) mass is 324 g/mol. The second-order valence-corrected chi connectivity index (χ2v) is 6.95. The first-order chi connectivity index (χ1) is 11.8. The van der Waals surface area contributed by atoms with Gasteiger partial charge < -0.3 is 4.74 Å². The minimum absolute atomic E-state index is 0.273. The van der Waals surface area contributed by atoms with Gasteiger partial charge in [0.25, 0.3) is 0 Å². The van der Waals surface area contributed by atoms with E-state index in [0.717, 1.165) is 30.4 Å². The Bertz CT molecular complexity index is 662. The van der Waals surface area contributed by atoms with Crippen molar-refractivity contribution < 1.29 is 9.53 Å². The van der Waals surface area contributed by atoms with Gasteiger partial charge >= 0.3 is 0 Å². The van der Waals surface area contributed by atoms with E-state index in [2.05, 4.69) is 24.3 Å². The van der Waals surface area contributed by atoms with Crippen LogP contribution >= 0.6 is 0 Å². The number of benzene rings is 2. The number of hydrogen-bond donors (Lipinski definition) is 0. The Kier molecular flexibility index (Phi) is 6.28. The zero-order chi connectivity index (χ0) is 16.6. The predicted octanol–water partition coefficient (Wildman–Crippen LogP) is 6.07. The second kappa shape index (κ2) is 8.86. The van der Waals surface area contributed by atoms with E-state index in [-0.39, 0.29) is 11.9 Å². The Balaban J connectivity index is 1.69. The Labute approximate surface area is 145 Å². The molecule has 2 aromatic carbocycles. The smallest absolute Gasteiger partial charge is 0.173 e. The highest BCUT2D eigenvalue weighted by atomic mass is 16.5. The van der Waals surface area contributed by atoms with Gasteiger partial charge in [-0.25, -0.2) is 0 Å². The van der Waals surface area contributed by atoms with Gasteiger partial charge in [0.2, 0.25) is 0 Å². The van der Waals surface area contributed by atoms with Crippen molar-refractivity contribution in [1.29, 1.82) is 0 Å². The number of hydrogen-bond acceptors (Lipinski definition) is 2. The van der Waals surface area contributed by atoms with E-state index in [0.29, 0.717) is 6.42 Å². The van der Waals surface area contributed by atoms with Crippen molar-refractivity contribution in [2.24, 2.45) is 0 Å². The Morgan fingerprint density at radius 1 is 0.750 bits per heavy atom. The Morgan fingerprint density at radius 3 is 2.21 bits per heavy atom. The average Bonchev–Trinajstić information content (AvgIpc) is 2.60. The highest BCUT2D eigenvalue weighted by molar-refractivity contribution is 5.85. The normalized spacial score (nSPS) is 21.0. The van der Waals surface area contributed by atoms with Gasteiger partial charge in [0.05, 0.1) is 0 Å². The molecule has 0 heterocycles. The van der Waals surface area contributed by atoms with Crippen LogP contribution in [0, 0.1) is 0 Å². The largest absolute Gasteiger partial charge is 0.483 e. The first kappa shape index (κ1) is 17.0. The summed E-state index contributed by atoms with van der Waals surface area (Å²) in [7, 11) is 0. The topological polar surface area (TPSA) is 26.3 Å². The Morgan fingerprint density at radius 2 is 1.42 bits per heavy atom. The fourth-order valence-electron chi connectivity index (χ4n) is 3.54. The molecule has 0 bridgehead atoms. The second-order valence-electron chi connectivity index (χ2n) is 6.95. The average molecular weight is 324 g/mol. The molecule has 1 unspecified atom stereocenters. The van der Waals surface area contributed by atoms with E-state index in [1.165, 1.54) is 43.9 Å². The molecule has 1 fully saturated rings. The zero-order valence-electron chi connectivity index (χ0n) is 14.5. The third-order valence-electron chi connectivity index (χ3n) is 5.00. The maximum atomic E-state index is 12.6. The summed E-state index contributed by atoms with van der Waals surface area (Å²) in [6.07, 6.45) is 10.9. The number of ketones is 1. The number of Topliss-reactive ketones (excluding diaryl/α,β-unsaturated/α-hetero) is 1.